The predicted octanol–water partition coefficient (Wildman–Crippen LogP) is 2.77. The summed E-state index contributed by atoms with van der Waals surface area (Å²) in [7, 11) is 0. The fourth-order valence-electron chi connectivity index (χ4n) is 2.85. The van der Waals surface area contributed by atoms with Crippen LogP contribution in [0.15, 0.2) is 30.3 Å². The van der Waals surface area contributed by atoms with Crippen LogP contribution in [0.4, 0.5) is 4.79 Å². The largest absolute Gasteiger partial charge is 0.395 e. The second-order valence-electron chi connectivity index (χ2n) is 6.04. The maximum absolute atomic E-state index is 12.4. The van der Waals surface area contributed by atoms with Crippen molar-refractivity contribution in [2.75, 3.05) is 13.2 Å². The summed E-state index contributed by atoms with van der Waals surface area (Å²) in [6.45, 7) is 3.16. The van der Waals surface area contributed by atoms with Crippen molar-refractivity contribution in [3.05, 3.63) is 35.9 Å². The summed E-state index contributed by atoms with van der Waals surface area (Å²) in [6.07, 6.45) is 4.49. The van der Waals surface area contributed by atoms with Gasteiger partial charge in [0.25, 0.3) is 0 Å². The Balaban J connectivity index is 1.89. The first-order chi connectivity index (χ1) is 10.2. The number of carbonyl (C=O) groups is 1. The molecule has 1 fully saturated rings. The molecule has 116 valence electrons. The normalized spacial score (nSPS) is 21.8. The van der Waals surface area contributed by atoms with Gasteiger partial charge < -0.3 is 15.3 Å². The Kier molecular flexibility index (Phi) is 6.05. The second kappa shape index (κ2) is 8.03. The molecule has 0 heterocycles. The van der Waals surface area contributed by atoms with Crippen molar-refractivity contribution in [1.29, 1.82) is 0 Å². The van der Waals surface area contributed by atoms with Crippen LogP contribution in [0.2, 0.25) is 0 Å². The Morgan fingerprint density at radius 2 is 1.90 bits per heavy atom. The molecule has 4 nitrogen and oxygen atoms in total. The molecule has 1 saturated carbocycles. The molecular weight excluding hydrogens is 264 g/mol. The summed E-state index contributed by atoms with van der Waals surface area (Å²) in [4.78, 5) is 14.1. The van der Waals surface area contributed by atoms with Gasteiger partial charge in [0.15, 0.2) is 0 Å². The van der Waals surface area contributed by atoms with E-state index in [0.29, 0.717) is 13.1 Å². The first kappa shape index (κ1) is 15.8. The zero-order valence-corrected chi connectivity index (χ0v) is 12.8. The van der Waals surface area contributed by atoms with Crippen LogP contribution in [-0.2, 0) is 6.54 Å². The Morgan fingerprint density at radius 3 is 2.52 bits per heavy atom. The molecule has 0 spiro atoms. The zero-order chi connectivity index (χ0) is 15.1. The van der Waals surface area contributed by atoms with Gasteiger partial charge in [-0.15, -0.1) is 0 Å². The molecule has 1 aliphatic carbocycles. The smallest absolute Gasteiger partial charge is 0.317 e. The number of hydrogen-bond acceptors (Lipinski definition) is 2. The van der Waals surface area contributed by atoms with E-state index in [1.54, 1.807) is 4.90 Å². The highest BCUT2D eigenvalue weighted by molar-refractivity contribution is 5.74. The van der Waals surface area contributed by atoms with Gasteiger partial charge in [-0.1, -0.05) is 37.3 Å². The van der Waals surface area contributed by atoms with Gasteiger partial charge in [-0.2, -0.15) is 0 Å². The predicted molar refractivity (Wildman–Crippen MR) is 83.9 cm³/mol. The van der Waals surface area contributed by atoms with Gasteiger partial charge in [0.2, 0.25) is 0 Å². The molecule has 21 heavy (non-hydrogen) atoms. The number of nitrogens with zero attached hydrogens (tertiary/aromatic N) is 1. The average Bonchev–Trinajstić information content (AvgIpc) is 2.50. The van der Waals surface area contributed by atoms with E-state index in [-0.39, 0.29) is 18.7 Å². The molecule has 0 aliphatic heterocycles. The third-order valence-electron chi connectivity index (χ3n) is 4.22. The molecule has 0 unspecified atom stereocenters. The van der Waals surface area contributed by atoms with Crippen LogP contribution < -0.4 is 5.32 Å². The van der Waals surface area contributed by atoms with Crippen LogP contribution >= 0.6 is 0 Å². The fourth-order valence-corrected chi connectivity index (χ4v) is 2.85. The average molecular weight is 290 g/mol. The lowest BCUT2D eigenvalue weighted by atomic mass is 9.87. The standard InChI is InChI=1S/C17H26N2O2/c1-14-7-9-16(10-8-14)18-17(21)19(11-12-20)13-15-5-3-2-4-6-15/h2-6,14,16,20H,7-13H2,1H3,(H,18,21). The van der Waals surface area contributed by atoms with Crippen molar-refractivity contribution in [2.24, 2.45) is 5.92 Å². The van der Waals surface area contributed by atoms with Gasteiger partial charge in [-0.05, 0) is 37.2 Å². The first-order valence-corrected chi connectivity index (χ1v) is 7.89. The minimum atomic E-state index is -0.0625. The van der Waals surface area contributed by atoms with Gasteiger partial charge in [-0.3, -0.25) is 0 Å². The number of rotatable bonds is 5. The van der Waals surface area contributed by atoms with E-state index in [4.69, 9.17) is 0 Å². The molecule has 2 N–H and O–H groups in total. The summed E-state index contributed by atoms with van der Waals surface area (Å²) in [5.41, 5.74) is 1.08. The molecule has 2 rings (SSSR count). The highest BCUT2D eigenvalue weighted by Crippen LogP contribution is 2.23. The molecule has 1 aromatic rings. The molecule has 2 amide bonds. The lowest BCUT2D eigenvalue weighted by Gasteiger charge is -2.30. The molecule has 0 radical (unpaired) electrons. The van der Waals surface area contributed by atoms with E-state index in [1.807, 2.05) is 30.3 Å². The summed E-state index contributed by atoms with van der Waals surface area (Å²) >= 11 is 0. The highest BCUT2D eigenvalue weighted by Gasteiger charge is 2.22. The monoisotopic (exact) mass is 290 g/mol. The van der Waals surface area contributed by atoms with E-state index >= 15 is 0 Å². The summed E-state index contributed by atoms with van der Waals surface area (Å²) in [6, 6.07) is 10.1. The van der Waals surface area contributed by atoms with Crippen molar-refractivity contribution >= 4 is 6.03 Å². The van der Waals surface area contributed by atoms with Gasteiger partial charge in [0.1, 0.15) is 0 Å². The number of amides is 2. The van der Waals surface area contributed by atoms with Crippen LogP contribution in [-0.4, -0.2) is 35.2 Å². The molecule has 0 bridgehead atoms. The van der Waals surface area contributed by atoms with Gasteiger partial charge in [0.05, 0.1) is 6.61 Å². The topological polar surface area (TPSA) is 52.6 Å². The van der Waals surface area contributed by atoms with Crippen molar-refractivity contribution < 1.29 is 9.90 Å². The summed E-state index contributed by atoms with van der Waals surface area (Å²) in [5.74, 6) is 0.774. The number of benzene rings is 1. The van der Waals surface area contributed by atoms with E-state index < -0.39 is 0 Å². The molecule has 1 aromatic carbocycles. The second-order valence-corrected chi connectivity index (χ2v) is 6.04. The SMILES string of the molecule is CC1CCC(NC(=O)N(CCO)Cc2ccccc2)CC1. The molecule has 0 aromatic heterocycles. The maximum atomic E-state index is 12.4. The van der Waals surface area contributed by atoms with Crippen molar-refractivity contribution in [3.63, 3.8) is 0 Å². The Bertz CT molecular complexity index is 428. The fraction of sp³-hybridized carbons (Fsp3) is 0.588. The number of aliphatic hydroxyl groups excluding tert-OH is 1. The first-order valence-electron chi connectivity index (χ1n) is 7.89. The van der Waals surface area contributed by atoms with Gasteiger partial charge in [0, 0.05) is 19.1 Å². The van der Waals surface area contributed by atoms with Crippen molar-refractivity contribution in [3.8, 4) is 0 Å². The summed E-state index contributed by atoms with van der Waals surface area (Å²) < 4.78 is 0. The van der Waals surface area contributed by atoms with Gasteiger partial charge >= 0.3 is 6.03 Å². The minimum Gasteiger partial charge on any atom is -0.395 e. The maximum Gasteiger partial charge on any atom is 0.317 e. The Hall–Kier alpha value is -1.55. The third kappa shape index (κ3) is 5.05. The van der Waals surface area contributed by atoms with Gasteiger partial charge in [-0.25, -0.2) is 4.79 Å². The Morgan fingerprint density at radius 1 is 1.24 bits per heavy atom. The highest BCUT2D eigenvalue weighted by atomic mass is 16.3. The number of carbonyl (C=O) groups excluding carboxylic acids is 1. The van der Waals surface area contributed by atoms with Crippen molar-refractivity contribution in [2.45, 2.75) is 45.2 Å². The minimum absolute atomic E-state index is 0.0120. The molecular formula is C17H26N2O2. The lowest BCUT2D eigenvalue weighted by molar-refractivity contribution is 0.166. The number of nitrogens with one attached hydrogen (secondary N) is 1. The van der Waals surface area contributed by atoms with Crippen LogP contribution in [0, 0.1) is 5.92 Å². The van der Waals surface area contributed by atoms with Crippen LogP contribution in [0.1, 0.15) is 38.2 Å². The van der Waals surface area contributed by atoms with E-state index in [0.717, 1.165) is 24.3 Å². The van der Waals surface area contributed by atoms with E-state index in [1.165, 1.54) is 12.8 Å². The summed E-state index contributed by atoms with van der Waals surface area (Å²) in [5, 5.41) is 12.3. The van der Waals surface area contributed by atoms with Crippen LogP contribution in [0.25, 0.3) is 0 Å². The molecule has 1 aliphatic rings. The Labute approximate surface area is 127 Å². The number of hydrogen-bond donors (Lipinski definition) is 2. The van der Waals surface area contributed by atoms with Crippen LogP contribution in [0.5, 0.6) is 0 Å². The molecule has 0 saturated heterocycles. The van der Waals surface area contributed by atoms with Crippen LogP contribution in [0.3, 0.4) is 0 Å². The van der Waals surface area contributed by atoms with E-state index in [2.05, 4.69) is 12.2 Å². The lowest BCUT2D eigenvalue weighted by Crippen LogP contribution is -2.46. The number of urea groups is 1. The van der Waals surface area contributed by atoms with E-state index in [9.17, 15) is 9.90 Å². The molecule has 4 heteroatoms. The molecule has 0 atom stereocenters. The third-order valence-corrected chi connectivity index (χ3v) is 4.22. The number of aliphatic hydroxyl groups is 1. The quantitative estimate of drug-likeness (QED) is 0.876. The zero-order valence-electron chi connectivity index (χ0n) is 12.8. The van der Waals surface area contributed by atoms with Crippen molar-refractivity contribution in [1.82, 2.24) is 10.2 Å².